The van der Waals surface area contributed by atoms with Crippen LogP contribution in [0.1, 0.15) is 99.8 Å². The minimum absolute atomic E-state index is 0.0226. The van der Waals surface area contributed by atoms with Gasteiger partial charge < -0.3 is 55.6 Å². The first kappa shape index (κ1) is 53.3. The summed E-state index contributed by atoms with van der Waals surface area (Å²) in [6.07, 6.45) is -3.57. The average Bonchev–Trinajstić information content (AvgIpc) is 3.64. The van der Waals surface area contributed by atoms with Gasteiger partial charge >= 0.3 is 30.3 Å². The number of ether oxygens (including phenoxy) is 5. The molecule has 24 nitrogen and oxygen atoms in total. The van der Waals surface area contributed by atoms with Crippen molar-refractivity contribution in [3.8, 4) is 12.1 Å². The molecule has 2 aromatic heterocycles. The largest absolute Gasteiger partial charge is 0.457 e. The molecule has 3 aromatic rings. The lowest BCUT2D eigenvalue weighted by atomic mass is 10.00. The lowest BCUT2D eigenvalue weighted by Crippen LogP contribution is -2.57. The number of guanidine groups is 1. The first-order chi connectivity index (χ1) is 31.7. The van der Waals surface area contributed by atoms with Crippen molar-refractivity contribution in [2.24, 2.45) is 10.7 Å². The van der Waals surface area contributed by atoms with E-state index in [0.29, 0.717) is 23.7 Å². The first-order valence-corrected chi connectivity index (χ1v) is 21.9. The van der Waals surface area contributed by atoms with Gasteiger partial charge in [-0.2, -0.15) is 20.0 Å². The van der Waals surface area contributed by atoms with Gasteiger partial charge in [0, 0.05) is 19.6 Å². The molecule has 0 bridgehead atoms. The molecule has 4 amide bonds. The van der Waals surface area contributed by atoms with Gasteiger partial charge in [0.15, 0.2) is 17.2 Å². The molecule has 4 rings (SSSR count). The summed E-state index contributed by atoms with van der Waals surface area (Å²) in [7, 11) is 1.18. The highest BCUT2D eigenvalue weighted by Gasteiger charge is 2.37. The fourth-order valence-corrected chi connectivity index (χ4v) is 6.76. The highest BCUT2D eigenvalue weighted by atomic mass is 35.5. The van der Waals surface area contributed by atoms with Gasteiger partial charge in [0.05, 0.1) is 53.9 Å². The van der Waals surface area contributed by atoms with Gasteiger partial charge in [0.25, 0.3) is 0 Å². The van der Waals surface area contributed by atoms with E-state index in [-0.39, 0.29) is 66.8 Å². The fraction of sp³-hybridized carbons (Fsp3) is 0.558. The number of nitrogens with two attached hydrogens (primary N) is 1. The molecule has 25 heteroatoms. The summed E-state index contributed by atoms with van der Waals surface area (Å²) in [5, 5.41) is 35.7. The number of aliphatic imine (C=N–C) groups is 1. The van der Waals surface area contributed by atoms with Crippen molar-refractivity contribution in [2.45, 2.75) is 123 Å². The lowest BCUT2D eigenvalue weighted by molar-refractivity contribution is -0.153. The van der Waals surface area contributed by atoms with E-state index in [1.165, 1.54) is 23.9 Å². The third-order valence-corrected chi connectivity index (χ3v) is 9.64. The van der Waals surface area contributed by atoms with E-state index in [1.54, 1.807) is 73.3 Å². The number of hydrogen-bond donors (Lipinski definition) is 5. The Morgan fingerprint density at radius 1 is 1.00 bits per heavy atom. The molecule has 6 N–H and O–H groups in total. The van der Waals surface area contributed by atoms with Crippen molar-refractivity contribution in [2.75, 3.05) is 48.8 Å². The molecule has 1 aromatic carbocycles. The highest BCUT2D eigenvalue weighted by Crippen LogP contribution is 2.38. The Balaban J connectivity index is 1.66. The topological polar surface area (TPSA) is 315 Å². The maximum Gasteiger partial charge on any atom is 0.437 e. The molecule has 68 heavy (non-hydrogen) atoms. The monoisotopic (exact) mass is 966 g/mol. The van der Waals surface area contributed by atoms with Crippen LogP contribution in [0.5, 0.6) is 0 Å². The van der Waals surface area contributed by atoms with Crippen LogP contribution >= 0.6 is 11.6 Å². The zero-order valence-electron chi connectivity index (χ0n) is 40.0. The second-order valence-corrected chi connectivity index (χ2v) is 18.7. The van der Waals surface area contributed by atoms with Crippen LogP contribution in [0.25, 0.3) is 5.65 Å². The molecule has 0 aliphatic carbocycles. The number of nitriles is 2. The number of anilines is 4. The van der Waals surface area contributed by atoms with Crippen LogP contribution in [0.3, 0.4) is 0 Å². The second kappa shape index (κ2) is 22.4. The Hall–Kier alpha value is -7.34. The minimum Gasteiger partial charge on any atom is -0.457 e. The number of methoxy groups -OCH3 is 1. The quantitative estimate of drug-likeness (QED) is 0.0593. The summed E-state index contributed by atoms with van der Waals surface area (Å²) in [5.74, 6) is -1.13. The second-order valence-electron chi connectivity index (χ2n) is 18.3. The first-order valence-electron chi connectivity index (χ1n) is 21.5. The fourth-order valence-electron chi connectivity index (χ4n) is 6.48. The van der Waals surface area contributed by atoms with Gasteiger partial charge in [-0.1, -0.05) is 11.6 Å². The molecular weight excluding hydrogens is 908 g/mol. The summed E-state index contributed by atoms with van der Waals surface area (Å²) >= 11 is 7.06. The zero-order chi connectivity index (χ0) is 50.7. The molecular formula is C43H59ClN14O10. The van der Waals surface area contributed by atoms with Crippen LogP contribution in [0.4, 0.5) is 42.3 Å². The van der Waals surface area contributed by atoms with Crippen molar-refractivity contribution in [1.29, 1.82) is 10.5 Å². The maximum atomic E-state index is 14.3. The number of nitrogens with one attached hydrogen (secondary N) is 4. The Bertz CT molecular complexity index is 2460. The molecule has 1 aliphatic rings. The van der Waals surface area contributed by atoms with E-state index in [1.807, 2.05) is 13.0 Å². The number of alkyl carbamates (subject to hydrolysis) is 2. The van der Waals surface area contributed by atoms with E-state index < -0.39 is 71.3 Å². The third kappa shape index (κ3) is 15.4. The number of rotatable bonds is 13. The number of esters is 1. The van der Waals surface area contributed by atoms with Gasteiger partial charge in [-0.15, -0.1) is 10.1 Å². The number of hydrogen-bond acceptors (Lipinski definition) is 18. The molecule has 0 saturated carbocycles. The predicted octanol–water partition coefficient (Wildman–Crippen LogP) is 5.70. The SMILES string of the molecule is CCNc1nc(Nc2cc(C#N)cc(N3CC[C@@H](NC(=O)OC)[C@H](OC(=O)C(CCCN(C(=O)OC(C)(C)C)/C(N)=N/C(=O)OC(C)(C)C)NC(=O)OC(C)(C)C)C3)c2Cl)nn2c(C#N)cnc12. The number of benzene rings is 1. The van der Waals surface area contributed by atoms with Crippen molar-refractivity contribution in [3.05, 3.63) is 34.6 Å². The molecule has 1 saturated heterocycles. The molecule has 3 heterocycles. The van der Waals surface area contributed by atoms with Crippen molar-refractivity contribution >= 4 is 76.7 Å². The summed E-state index contributed by atoms with van der Waals surface area (Å²) in [6.45, 7) is 16.9. The van der Waals surface area contributed by atoms with E-state index >= 15 is 0 Å². The summed E-state index contributed by atoms with van der Waals surface area (Å²) < 4.78 is 28.5. The van der Waals surface area contributed by atoms with Crippen LogP contribution in [0.15, 0.2) is 23.3 Å². The summed E-state index contributed by atoms with van der Waals surface area (Å²) in [4.78, 5) is 81.1. The van der Waals surface area contributed by atoms with Crippen LogP contribution < -0.4 is 31.9 Å². The molecule has 1 unspecified atom stereocenters. The maximum absolute atomic E-state index is 14.3. The van der Waals surface area contributed by atoms with Gasteiger partial charge in [0.2, 0.25) is 11.9 Å². The van der Waals surface area contributed by atoms with Gasteiger partial charge in [0.1, 0.15) is 35.0 Å². The average molecular weight is 967 g/mol. The molecule has 1 fully saturated rings. The standard InChI is InChI=1S/C43H59ClN14O10/c1-12-48-32-33-49-22-25(21-46)58(33)55-36(53-32)50-28-18-24(20-45)19-29(31(28)44)56-17-15-26(51-37(60)64-11)30(23-56)65-34(59)27(52-38(61)66-41(2,3)4)14-13-16-57(40(63)68-43(8,9)10)35(47)54-39(62)67-42(5,6)7/h18-19,22,26-27,30H,12-17,23H2,1-11H3,(H,51,60)(H,52,61)(H2,47,54,62)(H2,48,50,53,55)/t26-,27?,30-/m1/s1. The number of halogens is 1. The number of carbonyl (C=O) groups is 5. The van der Waals surface area contributed by atoms with Crippen LogP contribution in [0.2, 0.25) is 5.02 Å². The number of fused-ring (bicyclic) bond motifs is 1. The number of nitrogens with zero attached hydrogens (tertiary/aromatic N) is 9. The number of amides is 4. The zero-order valence-corrected chi connectivity index (χ0v) is 40.7. The van der Waals surface area contributed by atoms with Gasteiger partial charge in [-0.05, 0) is 101 Å². The number of piperidine rings is 1. The van der Waals surface area contributed by atoms with Gasteiger partial charge in [-0.25, -0.2) is 33.9 Å². The summed E-state index contributed by atoms with van der Waals surface area (Å²) in [5.41, 5.74) is 4.50. The Kier molecular flexibility index (Phi) is 17.6. The molecule has 368 valence electrons. The van der Waals surface area contributed by atoms with Crippen molar-refractivity contribution < 1.29 is 47.7 Å². The number of carbonyl (C=O) groups excluding carboxylic acids is 5. The predicted molar refractivity (Wildman–Crippen MR) is 248 cm³/mol. The van der Waals surface area contributed by atoms with E-state index in [9.17, 15) is 34.5 Å². The van der Waals surface area contributed by atoms with E-state index in [2.05, 4.69) is 47.4 Å². The Labute approximate surface area is 398 Å². The highest BCUT2D eigenvalue weighted by molar-refractivity contribution is 6.36. The van der Waals surface area contributed by atoms with Crippen LogP contribution in [0, 0.1) is 22.7 Å². The van der Waals surface area contributed by atoms with Gasteiger partial charge in [-0.3, -0.25) is 0 Å². The number of imidazole rings is 1. The van der Waals surface area contributed by atoms with Crippen molar-refractivity contribution in [3.63, 3.8) is 0 Å². The van der Waals surface area contributed by atoms with E-state index in [4.69, 9.17) is 41.0 Å². The van der Waals surface area contributed by atoms with Crippen molar-refractivity contribution in [1.82, 2.24) is 35.1 Å². The van der Waals surface area contributed by atoms with Crippen LogP contribution in [-0.4, -0.2) is 129 Å². The Morgan fingerprint density at radius 2 is 1.68 bits per heavy atom. The Morgan fingerprint density at radius 3 is 2.28 bits per heavy atom. The third-order valence-electron chi connectivity index (χ3n) is 9.25. The van der Waals surface area contributed by atoms with Crippen LogP contribution in [-0.2, 0) is 28.5 Å². The molecule has 1 aliphatic heterocycles. The molecule has 0 spiro atoms. The lowest BCUT2D eigenvalue weighted by Gasteiger charge is -2.40. The minimum atomic E-state index is -1.41. The number of aromatic nitrogens is 4. The normalized spacial score (nSPS) is 15.7. The molecule has 3 atom stereocenters. The van der Waals surface area contributed by atoms with E-state index in [0.717, 1.165) is 4.90 Å². The smallest absolute Gasteiger partial charge is 0.437 e. The molecule has 0 radical (unpaired) electrons. The summed E-state index contributed by atoms with van der Waals surface area (Å²) in [6, 6.07) is 4.96.